The number of hydrogen-bond donors (Lipinski definition) is 1. The summed E-state index contributed by atoms with van der Waals surface area (Å²) in [5, 5.41) is 2.80. The fourth-order valence-corrected chi connectivity index (χ4v) is 5.38. The third-order valence-electron chi connectivity index (χ3n) is 5.29. The molecular weight excluding hydrogens is 420 g/mol. The van der Waals surface area contributed by atoms with Crippen LogP contribution in [-0.4, -0.2) is 45.1 Å². The summed E-state index contributed by atoms with van der Waals surface area (Å²) in [7, 11) is -3.68. The Hall–Kier alpha value is -2.78. The minimum atomic E-state index is -3.68. The van der Waals surface area contributed by atoms with Gasteiger partial charge >= 0.3 is 0 Å². The second-order valence-electron chi connectivity index (χ2n) is 7.44. The predicted octanol–water partition coefficient (Wildman–Crippen LogP) is 3.17. The molecule has 1 N–H and O–H groups in total. The van der Waals surface area contributed by atoms with Crippen molar-refractivity contribution in [2.45, 2.75) is 37.5 Å². The van der Waals surface area contributed by atoms with E-state index >= 15 is 0 Å². The molecule has 0 bridgehead atoms. The first-order chi connectivity index (χ1) is 15.0. The van der Waals surface area contributed by atoms with Crippen LogP contribution in [0.2, 0.25) is 0 Å². The normalized spacial score (nSPS) is 15.8. The molecule has 2 aromatic carbocycles. The van der Waals surface area contributed by atoms with E-state index in [0.717, 1.165) is 18.4 Å². The Morgan fingerprint density at radius 3 is 2.65 bits per heavy atom. The fraction of sp³-hybridized carbons (Fsp3) is 0.409. The van der Waals surface area contributed by atoms with Gasteiger partial charge in [0, 0.05) is 25.2 Å². The molecular formula is C22H26N2O6S. The number of carbonyl (C=O) groups is 1. The van der Waals surface area contributed by atoms with Crippen molar-refractivity contribution >= 4 is 21.6 Å². The lowest BCUT2D eigenvalue weighted by molar-refractivity contribution is -0.116. The number of benzene rings is 2. The molecule has 0 aliphatic carbocycles. The van der Waals surface area contributed by atoms with Crippen LogP contribution in [0.4, 0.5) is 5.69 Å². The number of nitrogens with zero attached hydrogens (tertiary/aromatic N) is 1. The van der Waals surface area contributed by atoms with Crippen molar-refractivity contribution in [3.8, 4) is 17.2 Å². The molecule has 2 aliphatic heterocycles. The molecule has 4 rings (SSSR count). The van der Waals surface area contributed by atoms with Crippen LogP contribution in [0.5, 0.6) is 17.2 Å². The fourth-order valence-electron chi connectivity index (χ4n) is 3.71. The Morgan fingerprint density at radius 2 is 1.87 bits per heavy atom. The number of rotatable bonds is 8. The van der Waals surface area contributed by atoms with Crippen LogP contribution in [0.1, 0.15) is 31.7 Å². The first-order valence-corrected chi connectivity index (χ1v) is 11.9. The van der Waals surface area contributed by atoms with Crippen molar-refractivity contribution in [3.05, 3.63) is 42.0 Å². The monoisotopic (exact) mass is 446 g/mol. The van der Waals surface area contributed by atoms with Gasteiger partial charge in [-0.05, 0) is 62.1 Å². The maximum atomic E-state index is 13.1. The summed E-state index contributed by atoms with van der Waals surface area (Å²) >= 11 is 0. The van der Waals surface area contributed by atoms with Gasteiger partial charge in [-0.3, -0.25) is 4.79 Å². The third kappa shape index (κ3) is 4.77. The van der Waals surface area contributed by atoms with E-state index in [1.165, 1.54) is 10.4 Å². The number of amides is 1. The van der Waals surface area contributed by atoms with Crippen molar-refractivity contribution < 1.29 is 27.4 Å². The van der Waals surface area contributed by atoms with Crippen LogP contribution < -0.4 is 19.5 Å². The van der Waals surface area contributed by atoms with Gasteiger partial charge in [-0.1, -0.05) is 6.07 Å². The molecule has 2 aromatic rings. The van der Waals surface area contributed by atoms with E-state index < -0.39 is 10.0 Å². The highest BCUT2D eigenvalue weighted by atomic mass is 32.2. The maximum absolute atomic E-state index is 13.1. The average Bonchev–Trinajstić information content (AvgIpc) is 3.45. The molecule has 9 heteroatoms. The summed E-state index contributed by atoms with van der Waals surface area (Å²) in [4.78, 5) is 12.6. The SMILES string of the molecule is CCOc1ccc(NC(=O)CCc2ccc3c(c2)OCO3)cc1S(=O)(=O)N1CCCC1. The third-order valence-corrected chi connectivity index (χ3v) is 7.21. The molecule has 0 radical (unpaired) electrons. The van der Waals surface area contributed by atoms with Crippen molar-refractivity contribution in [3.63, 3.8) is 0 Å². The topological polar surface area (TPSA) is 94.2 Å². The number of aryl methyl sites for hydroxylation is 1. The summed E-state index contributed by atoms with van der Waals surface area (Å²) in [6.07, 6.45) is 2.47. The molecule has 0 atom stereocenters. The molecule has 31 heavy (non-hydrogen) atoms. The van der Waals surface area contributed by atoms with Crippen LogP contribution in [-0.2, 0) is 21.2 Å². The Kier molecular flexibility index (Phi) is 6.33. The number of ether oxygens (including phenoxy) is 3. The quantitative estimate of drug-likeness (QED) is 0.669. The van der Waals surface area contributed by atoms with E-state index in [9.17, 15) is 13.2 Å². The zero-order chi connectivity index (χ0) is 21.8. The number of hydrogen-bond acceptors (Lipinski definition) is 6. The van der Waals surface area contributed by atoms with Gasteiger partial charge in [0.05, 0.1) is 6.61 Å². The highest BCUT2D eigenvalue weighted by Crippen LogP contribution is 2.33. The number of sulfonamides is 1. The van der Waals surface area contributed by atoms with Crippen molar-refractivity contribution in [1.29, 1.82) is 0 Å². The van der Waals surface area contributed by atoms with Gasteiger partial charge in [0.25, 0.3) is 0 Å². The zero-order valence-electron chi connectivity index (χ0n) is 17.4. The molecule has 2 heterocycles. The van der Waals surface area contributed by atoms with E-state index in [4.69, 9.17) is 14.2 Å². The second-order valence-corrected chi connectivity index (χ2v) is 9.35. The summed E-state index contributed by atoms with van der Waals surface area (Å²) in [5.74, 6) is 1.48. The van der Waals surface area contributed by atoms with Crippen molar-refractivity contribution in [2.24, 2.45) is 0 Å². The van der Waals surface area contributed by atoms with Crippen molar-refractivity contribution in [1.82, 2.24) is 4.31 Å². The van der Waals surface area contributed by atoms with E-state index in [2.05, 4.69) is 5.32 Å². The smallest absolute Gasteiger partial charge is 0.246 e. The van der Waals surface area contributed by atoms with Gasteiger partial charge in [0.1, 0.15) is 10.6 Å². The molecule has 0 saturated carbocycles. The second kappa shape index (κ2) is 9.15. The van der Waals surface area contributed by atoms with Crippen LogP contribution in [0, 0.1) is 0 Å². The predicted molar refractivity (Wildman–Crippen MR) is 115 cm³/mol. The minimum Gasteiger partial charge on any atom is -0.492 e. The number of fused-ring (bicyclic) bond motifs is 1. The molecule has 1 fully saturated rings. The first-order valence-electron chi connectivity index (χ1n) is 10.4. The van der Waals surface area contributed by atoms with E-state index in [1.807, 2.05) is 18.2 Å². The van der Waals surface area contributed by atoms with Gasteiger partial charge in [-0.25, -0.2) is 8.42 Å². The van der Waals surface area contributed by atoms with Crippen LogP contribution >= 0.6 is 0 Å². The molecule has 0 unspecified atom stereocenters. The molecule has 0 aromatic heterocycles. The van der Waals surface area contributed by atoms with Gasteiger partial charge in [-0.2, -0.15) is 4.31 Å². The largest absolute Gasteiger partial charge is 0.492 e. The molecule has 1 saturated heterocycles. The maximum Gasteiger partial charge on any atom is 0.246 e. The van der Waals surface area contributed by atoms with E-state index in [-0.39, 0.29) is 24.0 Å². The lowest BCUT2D eigenvalue weighted by Crippen LogP contribution is -2.28. The zero-order valence-corrected chi connectivity index (χ0v) is 18.2. The van der Waals surface area contributed by atoms with Gasteiger partial charge in [0.2, 0.25) is 22.7 Å². The lowest BCUT2D eigenvalue weighted by atomic mass is 10.1. The summed E-state index contributed by atoms with van der Waals surface area (Å²) in [6, 6.07) is 10.3. The van der Waals surface area contributed by atoms with Gasteiger partial charge in [-0.15, -0.1) is 0 Å². The van der Waals surface area contributed by atoms with E-state index in [0.29, 0.717) is 49.1 Å². The summed E-state index contributed by atoms with van der Waals surface area (Å²) < 4.78 is 43.8. The molecule has 166 valence electrons. The van der Waals surface area contributed by atoms with Crippen LogP contribution in [0.15, 0.2) is 41.3 Å². The summed E-state index contributed by atoms with van der Waals surface area (Å²) in [5.41, 5.74) is 1.39. The van der Waals surface area contributed by atoms with Gasteiger partial charge < -0.3 is 19.5 Å². The van der Waals surface area contributed by atoms with E-state index in [1.54, 1.807) is 19.1 Å². The molecule has 0 spiro atoms. The molecule has 1 amide bonds. The highest BCUT2D eigenvalue weighted by Gasteiger charge is 2.30. The van der Waals surface area contributed by atoms with Crippen molar-refractivity contribution in [2.75, 3.05) is 31.8 Å². The highest BCUT2D eigenvalue weighted by molar-refractivity contribution is 7.89. The summed E-state index contributed by atoms with van der Waals surface area (Å²) in [6.45, 7) is 3.36. The Balaban J connectivity index is 1.45. The Morgan fingerprint density at radius 1 is 1.10 bits per heavy atom. The standard InChI is InChI=1S/C22H26N2O6S/c1-2-28-19-9-7-17(14-21(19)31(26,27)24-11-3-4-12-24)23-22(25)10-6-16-5-8-18-20(13-16)30-15-29-18/h5,7-9,13-14H,2-4,6,10-12,15H2,1H3,(H,23,25). The average molecular weight is 447 g/mol. The van der Waals surface area contributed by atoms with Gasteiger partial charge in [0.15, 0.2) is 11.5 Å². The lowest BCUT2D eigenvalue weighted by Gasteiger charge is -2.19. The Labute approximate surface area is 182 Å². The number of nitrogens with one attached hydrogen (secondary N) is 1. The molecule has 8 nitrogen and oxygen atoms in total. The number of carbonyl (C=O) groups excluding carboxylic acids is 1. The van der Waals surface area contributed by atoms with Crippen LogP contribution in [0.25, 0.3) is 0 Å². The molecule has 2 aliphatic rings. The first kappa shape index (κ1) is 21.5. The van der Waals surface area contributed by atoms with Crippen LogP contribution in [0.3, 0.4) is 0 Å². The minimum absolute atomic E-state index is 0.0878. The Bertz CT molecular complexity index is 1060. The number of anilines is 1.